The number of carbonyl (C=O) groups excluding carboxylic acids is 1. The highest BCUT2D eigenvalue weighted by molar-refractivity contribution is 14.0. The van der Waals surface area contributed by atoms with Gasteiger partial charge in [0.25, 0.3) is 0 Å². The van der Waals surface area contributed by atoms with E-state index in [1.165, 1.54) is 0 Å². The van der Waals surface area contributed by atoms with Crippen LogP contribution in [0.3, 0.4) is 0 Å². The summed E-state index contributed by atoms with van der Waals surface area (Å²) in [5, 5.41) is 3.34. The van der Waals surface area contributed by atoms with Gasteiger partial charge in [-0.15, -0.1) is 24.0 Å². The third kappa shape index (κ3) is 7.10. The van der Waals surface area contributed by atoms with Crippen molar-refractivity contribution in [1.82, 2.24) is 20.0 Å². The van der Waals surface area contributed by atoms with Gasteiger partial charge in [-0.25, -0.2) is 4.99 Å². The van der Waals surface area contributed by atoms with E-state index in [1.807, 2.05) is 6.92 Å². The monoisotopic (exact) mass is 465 g/mol. The van der Waals surface area contributed by atoms with Crippen LogP contribution in [0.25, 0.3) is 0 Å². The van der Waals surface area contributed by atoms with Crippen LogP contribution >= 0.6 is 24.0 Å². The Morgan fingerprint density at radius 1 is 1.32 bits per heavy atom. The molecule has 1 atom stereocenters. The van der Waals surface area contributed by atoms with Crippen molar-refractivity contribution < 1.29 is 9.53 Å². The number of ether oxygens (including phenoxy) is 1. The van der Waals surface area contributed by atoms with Crippen LogP contribution in [0.1, 0.15) is 13.3 Å². The van der Waals surface area contributed by atoms with Crippen LogP contribution in [0, 0.1) is 0 Å². The number of nitrogens with one attached hydrogen (secondary N) is 1. The molecule has 2 rings (SSSR count). The smallest absolute Gasteiger partial charge is 0.243 e. The van der Waals surface area contributed by atoms with Crippen molar-refractivity contribution in [1.29, 1.82) is 0 Å². The zero-order valence-corrected chi connectivity index (χ0v) is 18.0. The summed E-state index contributed by atoms with van der Waals surface area (Å²) in [5.74, 6) is 0.817. The molecule has 0 spiro atoms. The molecule has 0 saturated carbocycles. The second kappa shape index (κ2) is 11.0. The molecule has 2 aliphatic rings. The number of halogens is 1. The Labute approximate surface area is 168 Å². The maximum Gasteiger partial charge on any atom is 0.243 e. The lowest BCUT2D eigenvalue weighted by Gasteiger charge is -2.32. The number of amides is 1. The Morgan fingerprint density at radius 2 is 2.00 bits per heavy atom. The minimum absolute atomic E-state index is 0. The van der Waals surface area contributed by atoms with Crippen molar-refractivity contribution in [2.24, 2.45) is 4.99 Å². The molecule has 0 aliphatic carbocycles. The molecule has 144 valence electrons. The van der Waals surface area contributed by atoms with Gasteiger partial charge in [-0.05, 0) is 13.3 Å². The molecule has 25 heavy (non-hydrogen) atoms. The Bertz CT molecular complexity index is 478. The van der Waals surface area contributed by atoms with Crippen LogP contribution < -0.4 is 5.32 Å². The molecular weight excluding hydrogens is 433 g/mol. The van der Waals surface area contributed by atoms with E-state index in [9.17, 15) is 4.79 Å². The first-order chi connectivity index (χ1) is 11.5. The number of carbonyl (C=O) groups is 1. The molecule has 2 heterocycles. The van der Waals surface area contributed by atoms with Gasteiger partial charge in [-0.2, -0.15) is 0 Å². The maximum absolute atomic E-state index is 11.8. The van der Waals surface area contributed by atoms with Crippen molar-refractivity contribution in [2.75, 3.05) is 66.6 Å². The molecule has 8 heteroatoms. The molecule has 0 aromatic rings. The predicted octanol–water partition coefficient (Wildman–Crippen LogP) is 0.621. The third-order valence-corrected chi connectivity index (χ3v) is 4.44. The zero-order valence-electron chi connectivity index (χ0n) is 15.7. The number of guanidine groups is 1. The molecule has 1 N–H and O–H groups in total. The van der Waals surface area contributed by atoms with Crippen molar-refractivity contribution >= 4 is 35.8 Å². The Morgan fingerprint density at radius 3 is 2.60 bits per heavy atom. The number of likely N-dealkylation sites (N-methyl/N-ethyl adjacent to an activating group) is 1. The van der Waals surface area contributed by atoms with Gasteiger partial charge in [-0.1, -0.05) is 12.2 Å². The molecule has 7 nitrogen and oxygen atoms in total. The lowest BCUT2D eigenvalue weighted by atomic mass is 10.2. The predicted molar refractivity (Wildman–Crippen MR) is 112 cm³/mol. The molecule has 2 saturated heterocycles. The molecule has 2 fully saturated rings. The second-order valence-corrected chi connectivity index (χ2v) is 6.78. The van der Waals surface area contributed by atoms with E-state index in [1.54, 1.807) is 19.0 Å². The molecule has 0 aromatic carbocycles. The molecular formula is C17H32IN5O2. The first kappa shape index (κ1) is 22.2. The normalized spacial score (nSPS) is 21.6. The van der Waals surface area contributed by atoms with Crippen molar-refractivity contribution in [3.05, 3.63) is 12.2 Å². The molecule has 2 aliphatic heterocycles. The average Bonchev–Trinajstić information content (AvgIpc) is 3.05. The lowest BCUT2D eigenvalue weighted by Crippen LogP contribution is -2.47. The topological polar surface area (TPSA) is 60.4 Å². The number of morpholine rings is 1. The van der Waals surface area contributed by atoms with Crippen LogP contribution in [0.2, 0.25) is 0 Å². The molecule has 0 radical (unpaired) electrons. The fraction of sp³-hybridized carbons (Fsp3) is 0.765. The van der Waals surface area contributed by atoms with Crippen molar-refractivity contribution in [3.8, 4) is 0 Å². The fourth-order valence-corrected chi connectivity index (χ4v) is 2.96. The summed E-state index contributed by atoms with van der Waals surface area (Å²) in [6.45, 7) is 12.3. The number of hydrogen-bond acceptors (Lipinski definition) is 4. The van der Waals surface area contributed by atoms with E-state index in [2.05, 4.69) is 26.7 Å². The Hall–Kier alpha value is -0.870. The van der Waals surface area contributed by atoms with Crippen LogP contribution in [-0.2, 0) is 9.53 Å². The van der Waals surface area contributed by atoms with E-state index >= 15 is 0 Å². The standard InChI is InChI=1S/C17H31N5O2.HI/c1-14(2)11-18-17(19-12-16(23)20(3)4)22-6-5-15(13-22)21-7-9-24-10-8-21;/h15H,1,5-13H2,2-4H3,(H,18,19);1H. The highest BCUT2D eigenvalue weighted by atomic mass is 127. The van der Waals surface area contributed by atoms with Gasteiger partial charge in [0, 0.05) is 52.9 Å². The number of aliphatic imine (C=N–C) groups is 1. The number of rotatable bonds is 5. The minimum atomic E-state index is 0. The van der Waals surface area contributed by atoms with E-state index in [0.29, 0.717) is 12.6 Å². The molecule has 1 amide bonds. The van der Waals surface area contributed by atoms with Crippen LogP contribution in [0.4, 0.5) is 0 Å². The third-order valence-electron chi connectivity index (χ3n) is 4.44. The Balaban J connectivity index is 0.00000312. The summed E-state index contributed by atoms with van der Waals surface area (Å²) in [6.07, 6.45) is 1.12. The highest BCUT2D eigenvalue weighted by Crippen LogP contribution is 2.17. The summed E-state index contributed by atoms with van der Waals surface area (Å²) in [7, 11) is 3.51. The van der Waals surface area contributed by atoms with Crippen LogP contribution in [0.5, 0.6) is 0 Å². The summed E-state index contributed by atoms with van der Waals surface area (Å²) in [4.78, 5) is 22.7. The van der Waals surface area contributed by atoms with Crippen LogP contribution in [-0.4, -0.2) is 99.2 Å². The fourth-order valence-electron chi connectivity index (χ4n) is 2.96. The second-order valence-electron chi connectivity index (χ2n) is 6.78. The Kier molecular flexibility index (Phi) is 9.73. The quantitative estimate of drug-likeness (QED) is 0.279. The van der Waals surface area contributed by atoms with E-state index < -0.39 is 0 Å². The summed E-state index contributed by atoms with van der Waals surface area (Å²) < 4.78 is 5.44. The number of nitrogens with zero attached hydrogens (tertiary/aromatic N) is 4. The summed E-state index contributed by atoms with van der Waals surface area (Å²) in [5.41, 5.74) is 1.05. The molecule has 0 bridgehead atoms. The first-order valence-corrected chi connectivity index (χ1v) is 8.67. The van der Waals surface area contributed by atoms with Gasteiger partial charge < -0.3 is 19.9 Å². The van der Waals surface area contributed by atoms with Gasteiger partial charge in [0.05, 0.1) is 13.2 Å². The van der Waals surface area contributed by atoms with Gasteiger partial charge in [0.1, 0.15) is 6.54 Å². The van der Waals surface area contributed by atoms with E-state index in [4.69, 9.17) is 4.74 Å². The van der Waals surface area contributed by atoms with Gasteiger partial charge >= 0.3 is 0 Å². The minimum Gasteiger partial charge on any atom is -0.379 e. The summed E-state index contributed by atoms with van der Waals surface area (Å²) >= 11 is 0. The van der Waals surface area contributed by atoms with Crippen molar-refractivity contribution in [3.63, 3.8) is 0 Å². The van der Waals surface area contributed by atoms with Gasteiger partial charge in [0.15, 0.2) is 5.96 Å². The highest BCUT2D eigenvalue weighted by Gasteiger charge is 2.30. The lowest BCUT2D eigenvalue weighted by molar-refractivity contribution is -0.127. The van der Waals surface area contributed by atoms with Crippen LogP contribution in [0.15, 0.2) is 17.1 Å². The van der Waals surface area contributed by atoms with Crippen molar-refractivity contribution in [2.45, 2.75) is 19.4 Å². The molecule has 1 unspecified atom stereocenters. The molecule has 0 aromatic heterocycles. The van der Waals surface area contributed by atoms with Gasteiger partial charge in [-0.3, -0.25) is 9.69 Å². The number of hydrogen-bond donors (Lipinski definition) is 1. The number of likely N-dealkylation sites (tertiary alicyclic amines) is 1. The van der Waals surface area contributed by atoms with Gasteiger partial charge in [0.2, 0.25) is 5.91 Å². The van der Waals surface area contributed by atoms with E-state index in [0.717, 1.165) is 57.3 Å². The average molecular weight is 465 g/mol. The summed E-state index contributed by atoms with van der Waals surface area (Å²) in [6, 6.07) is 0.537. The maximum atomic E-state index is 11.8. The first-order valence-electron chi connectivity index (χ1n) is 8.67. The SMILES string of the molecule is C=C(C)CNC(=NCC(=O)N(C)C)N1CCC(N2CCOCC2)C1.I. The van der Waals surface area contributed by atoms with E-state index in [-0.39, 0.29) is 36.4 Å². The zero-order chi connectivity index (χ0) is 17.5. The largest absolute Gasteiger partial charge is 0.379 e.